The summed E-state index contributed by atoms with van der Waals surface area (Å²) in [6.45, 7) is 1.04. The van der Waals surface area contributed by atoms with Crippen molar-refractivity contribution in [2.24, 2.45) is 5.92 Å². The highest BCUT2D eigenvalue weighted by Crippen LogP contribution is 2.32. The van der Waals surface area contributed by atoms with Crippen LogP contribution in [0.3, 0.4) is 0 Å². The normalized spacial score (nSPS) is 13.9. The van der Waals surface area contributed by atoms with Crippen molar-refractivity contribution in [3.05, 3.63) is 35.8 Å². The fraction of sp³-hybridized carbons (Fsp3) is 0.625. The van der Waals surface area contributed by atoms with Gasteiger partial charge in [-0.25, -0.2) is 9.37 Å². The van der Waals surface area contributed by atoms with E-state index in [0.29, 0.717) is 35.8 Å². The van der Waals surface area contributed by atoms with Crippen molar-refractivity contribution in [1.82, 2.24) is 4.98 Å². The number of pyridine rings is 1. The fourth-order valence-electron chi connectivity index (χ4n) is 3.60. The third kappa shape index (κ3) is 6.73. The Kier molecular flexibility index (Phi) is 8.53. The van der Waals surface area contributed by atoms with Crippen LogP contribution in [0, 0.1) is 11.7 Å². The molecule has 1 aliphatic rings. The van der Waals surface area contributed by atoms with Crippen molar-refractivity contribution in [1.29, 1.82) is 0 Å². The minimum Gasteiger partial charge on any atom is -0.491 e. The molecule has 154 valence electrons. The number of aryl methyl sites for hydroxylation is 1. The zero-order chi connectivity index (χ0) is 19.6. The Labute approximate surface area is 168 Å². The summed E-state index contributed by atoms with van der Waals surface area (Å²) >= 11 is 0. The molecular formula is C24H34FNO2. The third-order valence-corrected chi connectivity index (χ3v) is 5.59. The van der Waals surface area contributed by atoms with Gasteiger partial charge in [0.2, 0.25) is 0 Å². The number of aliphatic hydroxyl groups is 1. The van der Waals surface area contributed by atoms with Gasteiger partial charge in [-0.1, -0.05) is 44.9 Å². The topological polar surface area (TPSA) is 42.4 Å². The third-order valence-electron chi connectivity index (χ3n) is 5.59. The fourth-order valence-corrected chi connectivity index (χ4v) is 3.60. The van der Waals surface area contributed by atoms with Crippen molar-refractivity contribution in [3.8, 4) is 5.75 Å². The summed E-state index contributed by atoms with van der Waals surface area (Å²) in [4.78, 5) is 4.72. The number of benzene rings is 1. The molecule has 28 heavy (non-hydrogen) atoms. The highest BCUT2D eigenvalue weighted by Gasteiger charge is 2.22. The van der Waals surface area contributed by atoms with Gasteiger partial charge in [0.1, 0.15) is 17.1 Å². The molecule has 1 aromatic carbocycles. The van der Waals surface area contributed by atoms with Crippen LogP contribution in [0.15, 0.2) is 24.3 Å². The van der Waals surface area contributed by atoms with E-state index in [1.54, 1.807) is 6.07 Å². The smallest absolute Gasteiger partial charge is 0.145 e. The molecule has 1 N–H and O–H groups in total. The molecule has 3 nitrogen and oxygen atoms in total. The van der Waals surface area contributed by atoms with E-state index in [2.05, 4.69) is 0 Å². The first kappa shape index (κ1) is 21.0. The second kappa shape index (κ2) is 11.4. The first-order chi connectivity index (χ1) is 13.8. The van der Waals surface area contributed by atoms with E-state index in [4.69, 9.17) is 14.8 Å². The van der Waals surface area contributed by atoms with Gasteiger partial charge in [-0.05, 0) is 62.3 Å². The molecule has 0 spiro atoms. The lowest BCUT2D eigenvalue weighted by atomic mass is 10.1. The van der Waals surface area contributed by atoms with Crippen molar-refractivity contribution in [3.63, 3.8) is 0 Å². The van der Waals surface area contributed by atoms with Gasteiger partial charge >= 0.3 is 0 Å². The summed E-state index contributed by atoms with van der Waals surface area (Å²) in [5, 5.41) is 9.32. The standard InChI is InChI=1S/C24H34FNO2/c25-22-15-16-23(28-18-19-11-12-19)24-21(22)14-13-20(26-24)10-8-6-4-2-1-3-5-7-9-17-27/h13-16,19,27H,1-12,17-18H2. The van der Waals surface area contributed by atoms with Gasteiger partial charge in [-0.2, -0.15) is 0 Å². The Hall–Kier alpha value is -1.68. The molecule has 0 radical (unpaired) electrons. The number of aromatic nitrogens is 1. The molecule has 1 saturated carbocycles. The van der Waals surface area contributed by atoms with Gasteiger partial charge < -0.3 is 9.84 Å². The van der Waals surface area contributed by atoms with Crippen LogP contribution in [0.4, 0.5) is 4.39 Å². The van der Waals surface area contributed by atoms with Crippen LogP contribution in [0.25, 0.3) is 10.9 Å². The van der Waals surface area contributed by atoms with E-state index >= 15 is 0 Å². The summed E-state index contributed by atoms with van der Waals surface area (Å²) in [7, 11) is 0. The quantitative estimate of drug-likeness (QED) is 0.392. The molecule has 1 heterocycles. The summed E-state index contributed by atoms with van der Waals surface area (Å²) in [5.41, 5.74) is 1.69. The first-order valence-corrected chi connectivity index (χ1v) is 11.1. The highest BCUT2D eigenvalue weighted by atomic mass is 19.1. The molecule has 4 heteroatoms. The van der Waals surface area contributed by atoms with Crippen LogP contribution < -0.4 is 4.74 Å². The minimum absolute atomic E-state index is 0.230. The lowest BCUT2D eigenvalue weighted by Crippen LogP contribution is -2.01. The summed E-state index contributed by atoms with van der Waals surface area (Å²) in [6, 6.07) is 7.01. The molecular weight excluding hydrogens is 353 g/mol. The van der Waals surface area contributed by atoms with Crippen LogP contribution in [-0.2, 0) is 6.42 Å². The average molecular weight is 388 g/mol. The Morgan fingerprint density at radius 1 is 0.893 bits per heavy atom. The molecule has 1 fully saturated rings. The number of rotatable bonds is 14. The second-order valence-corrected chi connectivity index (χ2v) is 8.15. The van der Waals surface area contributed by atoms with Crippen LogP contribution in [0.1, 0.15) is 76.3 Å². The predicted molar refractivity (Wildman–Crippen MR) is 112 cm³/mol. The van der Waals surface area contributed by atoms with E-state index in [1.807, 2.05) is 12.1 Å². The van der Waals surface area contributed by atoms with Gasteiger partial charge in [0, 0.05) is 17.7 Å². The van der Waals surface area contributed by atoms with Crippen LogP contribution >= 0.6 is 0 Å². The van der Waals surface area contributed by atoms with Crippen molar-refractivity contribution in [2.45, 2.75) is 77.0 Å². The number of fused-ring (bicyclic) bond motifs is 1. The van der Waals surface area contributed by atoms with E-state index in [-0.39, 0.29) is 5.82 Å². The molecule has 3 rings (SSSR count). The summed E-state index contributed by atoms with van der Waals surface area (Å²) in [5.74, 6) is 1.15. The maximum Gasteiger partial charge on any atom is 0.145 e. The van der Waals surface area contributed by atoms with Crippen molar-refractivity contribution >= 4 is 10.9 Å². The monoisotopic (exact) mass is 387 g/mol. The number of nitrogens with zero attached hydrogens (tertiary/aromatic N) is 1. The minimum atomic E-state index is -0.230. The van der Waals surface area contributed by atoms with Crippen molar-refractivity contribution in [2.75, 3.05) is 13.2 Å². The van der Waals surface area contributed by atoms with Crippen LogP contribution in [0.5, 0.6) is 5.75 Å². The Morgan fingerprint density at radius 2 is 1.57 bits per heavy atom. The number of hydrogen-bond donors (Lipinski definition) is 1. The van der Waals surface area contributed by atoms with Crippen molar-refractivity contribution < 1.29 is 14.2 Å². The maximum absolute atomic E-state index is 14.1. The second-order valence-electron chi connectivity index (χ2n) is 8.15. The van der Waals surface area contributed by atoms with Crippen LogP contribution in [0.2, 0.25) is 0 Å². The SMILES string of the molecule is OCCCCCCCCCCCc1ccc2c(F)ccc(OCC3CC3)c2n1. The summed E-state index contributed by atoms with van der Waals surface area (Å²) in [6.07, 6.45) is 14.2. The van der Waals surface area contributed by atoms with E-state index < -0.39 is 0 Å². The number of hydrogen-bond acceptors (Lipinski definition) is 3. The lowest BCUT2D eigenvalue weighted by Gasteiger charge is -2.10. The molecule has 2 aromatic rings. The molecule has 0 bridgehead atoms. The average Bonchev–Trinajstić information content (AvgIpc) is 3.53. The van der Waals surface area contributed by atoms with E-state index in [0.717, 1.165) is 31.4 Å². The lowest BCUT2D eigenvalue weighted by molar-refractivity contribution is 0.282. The molecule has 0 unspecified atom stereocenters. The first-order valence-electron chi connectivity index (χ1n) is 11.1. The Bertz CT molecular complexity index is 730. The van der Waals surface area contributed by atoms with Gasteiger partial charge in [0.05, 0.1) is 6.61 Å². The predicted octanol–water partition coefficient (Wildman–Crippen LogP) is 6.21. The van der Waals surface area contributed by atoms with Gasteiger partial charge in [-0.15, -0.1) is 0 Å². The highest BCUT2D eigenvalue weighted by molar-refractivity contribution is 5.85. The molecule has 1 aromatic heterocycles. The number of aliphatic hydroxyl groups excluding tert-OH is 1. The largest absolute Gasteiger partial charge is 0.491 e. The van der Waals surface area contributed by atoms with E-state index in [9.17, 15) is 4.39 Å². The van der Waals surface area contributed by atoms with Gasteiger partial charge in [0.15, 0.2) is 0 Å². The maximum atomic E-state index is 14.1. The molecule has 0 saturated heterocycles. The summed E-state index contributed by atoms with van der Waals surface area (Å²) < 4.78 is 20.0. The Morgan fingerprint density at radius 3 is 2.25 bits per heavy atom. The number of unbranched alkanes of at least 4 members (excludes halogenated alkanes) is 8. The molecule has 0 amide bonds. The van der Waals surface area contributed by atoms with Gasteiger partial charge in [-0.3, -0.25) is 0 Å². The van der Waals surface area contributed by atoms with E-state index in [1.165, 1.54) is 57.4 Å². The molecule has 1 aliphatic carbocycles. The molecule has 0 atom stereocenters. The Balaban J connectivity index is 1.42. The molecule has 0 aliphatic heterocycles. The zero-order valence-corrected chi connectivity index (χ0v) is 17.0. The zero-order valence-electron chi connectivity index (χ0n) is 17.0. The number of ether oxygens (including phenoxy) is 1. The van der Waals surface area contributed by atoms with Crippen LogP contribution in [-0.4, -0.2) is 23.3 Å². The number of halogens is 1. The van der Waals surface area contributed by atoms with Gasteiger partial charge in [0.25, 0.3) is 0 Å².